The average Bonchev–Trinajstić information content (AvgIpc) is 3.47. The fraction of sp³-hybridized carbons (Fsp3) is 0.667. The van der Waals surface area contributed by atoms with Crippen molar-refractivity contribution < 1.29 is 18.0 Å². The molecule has 1 amide bonds. The van der Waals surface area contributed by atoms with Crippen molar-refractivity contribution in [3.05, 3.63) is 35.4 Å². The van der Waals surface area contributed by atoms with Crippen LogP contribution in [0.2, 0.25) is 0 Å². The van der Waals surface area contributed by atoms with Crippen molar-refractivity contribution in [2.45, 2.75) is 64.2 Å². The van der Waals surface area contributed by atoms with Gasteiger partial charge in [-0.3, -0.25) is 4.79 Å². The van der Waals surface area contributed by atoms with Gasteiger partial charge >= 0.3 is 6.18 Å². The topological polar surface area (TPSA) is 32.3 Å². The standard InChI is InChI=1S/C21H29F3N2O/c1-14(16-8-10-25-11-9-16)12-20(27)26(19-6-7-19)15(2)17-4-3-5-18(13-17)21(22,23)24/h3-5,13-16,19,25H,6-12H2,1-2H3. The molecule has 150 valence electrons. The summed E-state index contributed by atoms with van der Waals surface area (Å²) >= 11 is 0. The minimum atomic E-state index is -4.37. The molecule has 2 aliphatic rings. The van der Waals surface area contributed by atoms with Gasteiger partial charge in [0.1, 0.15) is 0 Å². The second-order valence-corrected chi connectivity index (χ2v) is 8.10. The van der Waals surface area contributed by atoms with E-state index < -0.39 is 11.7 Å². The number of benzene rings is 1. The third-order valence-corrected chi connectivity index (χ3v) is 6.03. The predicted molar refractivity (Wildman–Crippen MR) is 99.1 cm³/mol. The molecule has 2 fully saturated rings. The second-order valence-electron chi connectivity index (χ2n) is 8.10. The highest BCUT2D eigenvalue weighted by Crippen LogP contribution is 2.38. The number of alkyl halides is 3. The third kappa shape index (κ3) is 5.03. The molecule has 1 N–H and O–H groups in total. The Labute approximate surface area is 159 Å². The van der Waals surface area contributed by atoms with Crippen LogP contribution in [-0.2, 0) is 11.0 Å². The van der Waals surface area contributed by atoms with E-state index in [1.165, 1.54) is 12.1 Å². The Balaban J connectivity index is 1.72. The number of halogens is 3. The van der Waals surface area contributed by atoms with Crippen LogP contribution in [-0.4, -0.2) is 29.9 Å². The molecule has 1 heterocycles. The molecule has 1 aliphatic heterocycles. The summed E-state index contributed by atoms with van der Waals surface area (Å²) in [6.45, 7) is 5.97. The van der Waals surface area contributed by atoms with Gasteiger partial charge in [0.25, 0.3) is 0 Å². The van der Waals surface area contributed by atoms with E-state index in [4.69, 9.17) is 0 Å². The lowest BCUT2D eigenvalue weighted by Gasteiger charge is -2.33. The number of carbonyl (C=O) groups is 1. The fourth-order valence-electron chi connectivity index (χ4n) is 4.18. The monoisotopic (exact) mass is 382 g/mol. The molecule has 6 heteroatoms. The van der Waals surface area contributed by atoms with Crippen molar-refractivity contribution in [3.8, 4) is 0 Å². The number of nitrogens with one attached hydrogen (secondary N) is 1. The van der Waals surface area contributed by atoms with Crippen molar-refractivity contribution in [2.75, 3.05) is 13.1 Å². The van der Waals surface area contributed by atoms with E-state index in [0.29, 0.717) is 23.8 Å². The lowest BCUT2D eigenvalue weighted by atomic mass is 9.83. The molecule has 3 nitrogen and oxygen atoms in total. The summed E-state index contributed by atoms with van der Waals surface area (Å²) in [5.74, 6) is 0.920. The normalized spacial score (nSPS) is 20.9. The van der Waals surface area contributed by atoms with Crippen LogP contribution in [0.1, 0.15) is 63.1 Å². The Bertz CT molecular complexity index is 651. The van der Waals surface area contributed by atoms with Gasteiger partial charge in [0.05, 0.1) is 11.6 Å². The minimum Gasteiger partial charge on any atom is -0.333 e. The molecule has 27 heavy (non-hydrogen) atoms. The molecular weight excluding hydrogens is 353 g/mol. The molecule has 1 aromatic carbocycles. The number of amides is 1. The van der Waals surface area contributed by atoms with E-state index in [1.54, 1.807) is 6.07 Å². The fourth-order valence-corrected chi connectivity index (χ4v) is 4.18. The highest BCUT2D eigenvalue weighted by Gasteiger charge is 2.38. The van der Waals surface area contributed by atoms with Gasteiger partial charge < -0.3 is 10.2 Å². The van der Waals surface area contributed by atoms with Crippen molar-refractivity contribution in [3.63, 3.8) is 0 Å². The van der Waals surface area contributed by atoms with E-state index in [-0.39, 0.29) is 18.0 Å². The smallest absolute Gasteiger partial charge is 0.333 e. The van der Waals surface area contributed by atoms with Gasteiger partial charge in [0.2, 0.25) is 5.91 Å². The number of carbonyl (C=O) groups excluding carboxylic acids is 1. The predicted octanol–water partition coefficient (Wildman–Crippen LogP) is 4.78. The summed E-state index contributed by atoms with van der Waals surface area (Å²) in [6, 6.07) is 5.22. The van der Waals surface area contributed by atoms with Crippen LogP contribution in [0.5, 0.6) is 0 Å². The molecule has 1 saturated heterocycles. The largest absolute Gasteiger partial charge is 0.416 e. The summed E-state index contributed by atoms with van der Waals surface area (Å²) in [5, 5.41) is 3.34. The molecule has 0 aromatic heterocycles. The van der Waals surface area contributed by atoms with Crippen LogP contribution in [0, 0.1) is 11.8 Å². The molecule has 1 aromatic rings. The third-order valence-electron chi connectivity index (χ3n) is 6.03. The van der Waals surface area contributed by atoms with Gasteiger partial charge in [-0.05, 0) is 75.2 Å². The van der Waals surface area contributed by atoms with Gasteiger partial charge in [0.15, 0.2) is 0 Å². The summed E-state index contributed by atoms with van der Waals surface area (Å²) < 4.78 is 39.2. The maximum atomic E-state index is 13.1. The van der Waals surface area contributed by atoms with Crippen LogP contribution >= 0.6 is 0 Å². The number of piperidine rings is 1. The maximum absolute atomic E-state index is 13.1. The summed E-state index contributed by atoms with van der Waals surface area (Å²) in [5.41, 5.74) is -0.0993. The van der Waals surface area contributed by atoms with E-state index in [2.05, 4.69) is 12.2 Å². The molecule has 0 spiro atoms. The van der Waals surface area contributed by atoms with Crippen LogP contribution in [0.25, 0.3) is 0 Å². The number of rotatable bonds is 6. The molecule has 1 aliphatic carbocycles. The number of hydrogen-bond donors (Lipinski definition) is 1. The Kier molecular flexibility index (Phi) is 6.14. The Morgan fingerprint density at radius 2 is 1.85 bits per heavy atom. The second kappa shape index (κ2) is 8.21. The van der Waals surface area contributed by atoms with Gasteiger partial charge in [0, 0.05) is 12.5 Å². The Morgan fingerprint density at radius 3 is 2.44 bits per heavy atom. The molecule has 0 radical (unpaired) electrons. The average molecular weight is 382 g/mol. The maximum Gasteiger partial charge on any atom is 0.416 e. The number of hydrogen-bond acceptors (Lipinski definition) is 2. The zero-order valence-electron chi connectivity index (χ0n) is 16.1. The first kappa shape index (κ1) is 20.2. The van der Waals surface area contributed by atoms with Crippen LogP contribution < -0.4 is 5.32 Å². The molecule has 0 bridgehead atoms. The van der Waals surface area contributed by atoms with E-state index in [0.717, 1.165) is 44.8 Å². The van der Waals surface area contributed by atoms with Gasteiger partial charge in [-0.15, -0.1) is 0 Å². The van der Waals surface area contributed by atoms with Crippen molar-refractivity contribution in [1.29, 1.82) is 0 Å². The van der Waals surface area contributed by atoms with Crippen LogP contribution in [0.15, 0.2) is 24.3 Å². The van der Waals surface area contributed by atoms with Gasteiger partial charge in [-0.25, -0.2) is 0 Å². The molecule has 2 unspecified atom stereocenters. The molecule has 1 saturated carbocycles. The zero-order valence-corrected chi connectivity index (χ0v) is 16.1. The summed E-state index contributed by atoms with van der Waals surface area (Å²) in [7, 11) is 0. The van der Waals surface area contributed by atoms with Crippen molar-refractivity contribution in [2.24, 2.45) is 11.8 Å². The summed E-state index contributed by atoms with van der Waals surface area (Å²) in [4.78, 5) is 14.9. The van der Waals surface area contributed by atoms with E-state index in [1.807, 2.05) is 11.8 Å². The minimum absolute atomic E-state index is 0.0773. The summed E-state index contributed by atoms with van der Waals surface area (Å²) in [6.07, 6.45) is 0.161. The van der Waals surface area contributed by atoms with Crippen molar-refractivity contribution >= 4 is 5.91 Å². The first-order valence-electron chi connectivity index (χ1n) is 9.96. The lowest BCUT2D eigenvalue weighted by molar-refractivity contribution is -0.137. The molecule has 2 atom stereocenters. The van der Waals surface area contributed by atoms with Gasteiger partial charge in [-0.2, -0.15) is 13.2 Å². The Hall–Kier alpha value is -1.56. The highest BCUT2D eigenvalue weighted by atomic mass is 19.4. The molecular formula is C21H29F3N2O. The van der Waals surface area contributed by atoms with Crippen LogP contribution in [0.3, 0.4) is 0 Å². The van der Waals surface area contributed by atoms with Crippen LogP contribution in [0.4, 0.5) is 13.2 Å². The lowest BCUT2D eigenvalue weighted by Crippen LogP contribution is -2.38. The zero-order chi connectivity index (χ0) is 19.6. The Morgan fingerprint density at radius 1 is 1.19 bits per heavy atom. The highest BCUT2D eigenvalue weighted by molar-refractivity contribution is 5.77. The van der Waals surface area contributed by atoms with Crippen molar-refractivity contribution in [1.82, 2.24) is 10.2 Å². The van der Waals surface area contributed by atoms with E-state index >= 15 is 0 Å². The first-order chi connectivity index (χ1) is 12.8. The quantitative estimate of drug-likeness (QED) is 0.768. The molecule has 3 rings (SSSR count). The van der Waals surface area contributed by atoms with E-state index in [9.17, 15) is 18.0 Å². The SMILES string of the molecule is CC(CC(=O)N(C1CC1)C(C)c1cccc(C(F)(F)F)c1)C1CCNCC1. The first-order valence-corrected chi connectivity index (χ1v) is 9.96. The number of nitrogens with zero attached hydrogens (tertiary/aromatic N) is 1. The van der Waals surface area contributed by atoms with Gasteiger partial charge in [-0.1, -0.05) is 19.1 Å².